The number of halogens is 2. The summed E-state index contributed by atoms with van der Waals surface area (Å²) < 4.78 is 13.3. The Morgan fingerprint density at radius 2 is 1.85 bits per heavy atom. The van der Waals surface area contributed by atoms with E-state index in [0.29, 0.717) is 6.54 Å². The molecule has 0 aliphatic rings. The second kappa shape index (κ2) is 6.58. The van der Waals surface area contributed by atoms with Crippen LogP contribution in [-0.2, 0) is 6.54 Å². The Bertz CT molecular complexity index is 615. The third-order valence-corrected chi connectivity index (χ3v) is 3.41. The number of aryl methyl sites for hydroxylation is 2. The van der Waals surface area contributed by atoms with Crippen LogP contribution in [0.3, 0.4) is 0 Å². The molecule has 2 aromatic carbocycles. The topological polar surface area (TPSA) is 12.0 Å². The van der Waals surface area contributed by atoms with Crippen LogP contribution in [0.25, 0.3) is 6.08 Å². The predicted octanol–water partition coefficient (Wildman–Crippen LogP) is 5.26. The molecule has 0 heterocycles. The van der Waals surface area contributed by atoms with Gasteiger partial charge >= 0.3 is 0 Å². The molecule has 0 amide bonds. The van der Waals surface area contributed by atoms with Gasteiger partial charge in [0.25, 0.3) is 0 Å². The van der Waals surface area contributed by atoms with Crippen molar-refractivity contribution >= 4 is 23.4 Å². The molecule has 0 aliphatic heterocycles. The molecule has 1 nitrogen and oxygen atoms in total. The molecule has 2 aromatic rings. The van der Waals surface area contributed by atoms with Crippen LogP contribution in [0, 0.1) is 19.7 Å². The lowest BCUT2D eigenvalue weighted by molar-refractivity contribution is 0.626. The first-order valence-electron chi connectivity index (χ1n) is 6.47. The Balaban J connectivity index is 2.23. The van der Waals surface area contributed by atoms with Crippen LogP contribution in [0.1, 0.15) is 22.3 Å². The molecule has 0 fully saturated rings. The van der Waals surface area contributed by atoms with E-state index in [1.54, 1.807) is 12.1 Å². The lowest BCUT2D eigenvalue weighted by Crippen LogP contribution is -2.04. The van der Waals surface area contributed by atoms with E-state index in [-0.39, 0.29) is 5.82 Å². The van der Waals surface area contributed by atoms with Crippen LogP contribution in [0.2, 0.25) is 0 Å². The Morgan fingerprint density at radius 3 is 2.50 bits per heavy atom. The molecule has 3 heteroatoms. The van der Waals surface area contributed by atoms with Gasteiger partial charge in [0.05, 0.1) is 0 Å². The van der Waals surface area contributed by atoms with Crippen molar-refractivity contribution in [2.24, 2.45) is 0 Å². The third kappa shape index (κ3) is 3.40. The summed E-state index contributed by atoms with van der Waals surface area (Å²) in [6.45, 7) is 4.77. The van der Waals surface area contributed by atoms with E-state index in [2.05, 4.69) is 31.3 Å². The first-order valence-corrected chi connectivity index (χ1v) is 6.90. The fraction of sp³-hybridized carbons (Fsp3) is 0.176. The molecular weight excluding hydrogens is 273 g/mol. The molecule has 0 saturated heterocycles. The van der Waals surface area contributed by atoms with Crippen molar-refractivity contribution in [2.75, 3.05) is 5.32 Å². The summed E-state index contributed by atoms with van der Waals surface area (Å²) in [5, 5.41) is 3.42. The molecule has 0 bridgehead atoms. The highest BCUT2D eigenvalue weighted by molar-refractivity contribution is 6.27. The average Bonchev–Trinajstić information content (AvgIpc) is 2.40. The third-order valence-electron chi connectivity index (χ3n) is 3.29. The highest BCUT2D eigenvalue weighted by Gasteiger charge is 2.05. The number of rotatable bonds is 4. The molecule has 20 heavy (non-hydrogen) atoms. The molecule has 0 spiro atoms. The molecule has 0 atom stereocenters. The zero-order valence-electron chi connectivity index (χ0n) is 11.6. The van der Waals surface area contributed by atoms with Gasteiger partial charge in [-0.25, -0.2) is 4.39 Å². The van der Waals surface area contributed by atoms with Crippen molar-refractivity contribution in [3.63, 3.8) is 0 Å². The molecular formula is C17H17ClFN. The number of hydrogen-bond acceptors (Lipinski definition) is 1. The van der Waals surface area contributed by atoms with E-state index in [9.17, 15) is 4.39 Å². The van der Waals surface area contributed by atoms with Gasteiger partial charge in [-0.2, -0.15) is 0 Å². The van der Waals surface area contributed by atoms with Gasteiger partial charge in [0.2, 0.25) is 0 Å². The van der Waals surface area contributed by atoms with Crippen molar-refractivity contribution in [3.05, 3.63) is 70.0 Å². The monoisotopic (exact) mass is 289 g/mol. The molecule has 0 radical (unpaired) electrons. The molecule has 0 aromatic heterocycles. The quantitative estimate of drug-likeness (QED) is 0.809. The van der Waals surface area contributed by atoms with E-state index >= 15 is 0 Å². The lowest BCUT2D eigenvalue weighted by atomic mass is 10.1. The SMILES string of the molecule is Cc1cccc(C)c1NCc1ccc(F)cc1/C=C\Cl. The van der Waals surface area contributed by atoms with Crippen molar-refractivity contribution < 1.29 is 4.39 Å². The summed E-state index contributed by atoms with van der Waals surface area (Å²) in [7, 11) is 0. The zero-order chi connectivity index (χ0) is 14.5. The van der Waals surface area contributed by atoms with Gasteiger partial charge < -0.3 is 5.32 Å². The highest BCUT2D eigenvalue weighted by atomic mass is 35.5. The van der Waals surface area contributed by atoms with E-state index in [0.717, 1.165) is 16.8 Å². The van der Waals surface area contributed by atoms with Gasteiger partial charge in [-0.15, -0.1) is 0 Å². The van der Waals surface area contributed by atoms with Gasteiger partial charge in [0.15, 0.2) is 0 Å². The smallest absolute Gasteiger partial charge is 0.123 e. The summed E-state index contributed by atoms with van der Waals surface area (Å²) in [5.41, 5.74) is 6.71. The van der Waals surface area contributed by atoms with E-state index in [1.807, 2.05) is 6.07 Å². The van der Waals surface area contributed by atoms with E-state index in [4.69, 9.17) is 11.6 Å². The lowest BCUT2D eigenvalue weighted by Gasteiger charge is -2.14. The maximum Gasteiger partial charge on any atom is 0.123 e. The normalized spacial score (nSPS) is 11.0. The highest BCUT2D eigenvalue weighted by Crippen LogP contribution is 2.22. The van der Waals surface area contributed by atoms with E-state index in [1.165, 1.54) is 28.8 Å². The van der Waals surface area contributed by atoms with E-state index < -0.39 is 0 Å². The zero-order valence-corrected chi connectivity index (χ0v) is 12.3. The minimum Gasteiger partial charge on any atom is -0.381 e. The van der Waals surface area contributed by atoms with Gasteiger partial charge in [-0.3, -0.25) is 0 Å². The molecule has 1 N–H and O–H groups in total. The number of benzene rings is 2. The fourth-order valence-electron chi connectivity index (χ4n) is 2.23. The first kappa shape index (κ1) is 14.6. The molecule has 0 unspecified atom stereocenters. The van der Waals surface area contributed by atoms with Crippen molar-refractivity contribution in [2.45, 2.75) is 20.4 Å². The first-order chi connectivity index (χ1) is 9.61. The van der Waals surface area contributed by atoms with Crippen molar-refractivity contribution in [1.29, 1.82) is 0 Å². The summed E-state index contributed by atoms with van der Waals surface area (Å²) in [6.07, 6.45) is 1.70. The molecule has 0 aliphatic carbocycles. The maximum atomic E-state index is 13.3. The van der Waals surface area contributed by atoms with Crippen molar-refractivity contribution in [1.82, 2.24) is 0 Å². The second-order valence-corrected chi connectivity index (χ2v) is 5.01. The van der Waals surface area contributed by atoms with Crippen LogP contribution in [0.4, 0.5) is 10.1 Å². The summed E-state index contributed by atoms with van der Waals surface area (Å²) in [4.78, 5) is 0. The Morgan fingerprint density at radius 1 is 1.15 bits per heavy atom. The van der Waals surface area contributed by atoms with Crippen molar-refractivity contribution in [3.8, 4) is 0 Å². The minimum atomic E-state index is -0.259. The maximum absolute atomic E-state index is 13.3. The number of nitrogens with one attached hydrogen (secondary N) is 1. The predicted molar refractivity (Wildman–Crippen MR) is 84.5 cm³/mol. The van der Waals surface area contributed by atoms with Crippen LogP contribution in [0.15, 0.2) is 41.9 Å². The Kier molecular flexibility index (Phi) is 4.80. The van der Waals surface area contributed by atoms with Crippen LogP contribution >= 0.6 is 11.6 Å². The number of anilines is 1. The summed E-state index contributed by atoms with van der Waals surface area (Å²) in [5.74, 6) is -0.259. The minimum absolute atomic E-state index is 0.259. The van der Waals surface area contributed by atoms with Crippen LogP contribution < -0.4 is 5.32 Å². The van der Waals surface area contributed by atoms with Gasteiger partial charge in [-0.05, 0) is 54.3 Å². The van der Waals surface area contributed by atoms with Gasteiger partial charge in [0.1, 0.15) is 5.82 Å². The summed E-state index contributed by atoms with van der Waals surface area (Å²) >= 11 is 5.60. The Hall–Kier alpha value is -1.80. The molecule has 2 rings (SSSR count). The van der Waals surface area contributed by atoms with Crippen LogP contribution in [0.5, 0.6) is 0 Å². The standard InChI is InChI=1S/C17H17ClFN/c1-12-4-3-5-13(2)17(12)20-11-15-6-7-16(19)10-14(15)8-9-18/h3-10,20H,11H2,1-2H3/b9-8-. The number of hydrogen-bond donors (Lipinski definition) is 1. The second-order valence-electron chi connectivity index (χ2n) is 4.76. The van der Waals surface area contributed by atoms with Crippen LogP contribution in [-0.4, -0.2) is 0 Å². The largest absolute Gasteiger partial charge is 0.381 e. The Labute approximate surface area is 124 Å². The average molecular weight is 290 g/mol. The number of para-hydroxylation sites is 1. The summed E-state index contributed by atoms with van der Waals surface area (Å²) in [6, 6.07) is 10.9. The molecule has 0 saturated carbocycles. The molecule has 104 valence electrons. The fourth-order valence-corrected chi connectivity index (χ4v) is 2.36. The van der Waals surface area contributed by atoms with Gasteiger partial charge in [-0.1, -0.05) is 35.9 Å². The van der Waals surface area contributed by atoms with Gasteiger partial charge in [0, 0.05) is 17.8 Å².